The molecule has 0 bridgehead atoms. The summed E-state index contributed by atoms with van der Waals surface area (Å²) in [5.74, 6) is 1.70. The van der Waals surface area contributed by atoms with Gasteiger partial charge in [-0.15, -0.1) is 0 Å². The molecule has 0 aromatic carbocycles. The van der Waals surface area contributed by atoms with Crippen LogP contribution in [0.15, 0.2) is 6.07 Å². The first-order chi connectivity index (χ1) is 8.06. The number of aryl methyl sites for hydroxylation is 2. The van der Waals surface area contributed by atoms with E-state index in [1.165, 1.54) is 0 Å². The molecule has 0 aliphatic carbocycles. The molecular formula is C12H19N5. The molecule has 0 saturated heterocycles. The Kier molecular flexibility index (Phi) is 3.28. The van der Waals surface area contributed by atoms with Crippen LogP contribution in [0, 0.1) is 13.8 Å². The minimum absolute atomic E-state index is 0.784. The van der Waals surface area contributed by atoms with Gasteiger partial charge in [0.25, 0.3) is 0 Å². The summed E-state index contributed by atoms with van der Waals surface area (Å²) in [6.45, 7) is 5.80. The molecule has 2 rings (SSSR count). The fourth-order valence-corrected chi connectivity index (χ4v) is 1.79. The summed E-state index contributed by atoms with van der Waals surface area (Å²) in [6.07, 6.45) is 0. The van der Waals surface area contributed by atoms with Gasteiger partial charge in [-0.3, -0.25) is 0 Å². The van der Waals surface area contributed by atoms with Crippen molar-refractivity contribution in [2.45, 2.75) is 13.8 Å². The Bertz CT molecular complexity index is 515. The van der Waals surface area contributed by atoms with E-state index >= 15 is 0 Å². The van der Waals surface area contributed by atoms with Crippen LogP contribution in [0.5, 0.6) is 0 Å². The molecule has 0 fully saturated rings. The molecule has 0 spiro atoms. The molecule has 17 heavy (non-hydrogen) atoms. The molecule has 0 atom stereocenters. The zero-order chi connectivity index (χ0) is 12.4. The Morgan fingerprint density at radius 2 is 2.06 bits per heavy atom. The third kappa shape index (κ3) is 2.74. The fourth-order valence-electron chi connectivity index (χ4n) is 1.79. The van der Waals surface area contributed by atoms with Crippen molar-refractivity contribution >= 4 is 16.9 Å². The summed E-state index contributed by atoms with van der Waals surface area (Å²) < 4.78 is 0. The Hall–Kier alpha value is -1.62. The first kappa shape index (κ1) is 11.9. The summed E-state index contributed by atoms with van der Waals surface area (Å²) in [4.78, 5) is 14.2. The topological polar surface area (TPSA) is 56.8 Å². The predicted octanol–water partition coefficient (Wildman–Crippen LogP) is 1.55. The Balaban J connectivity index is 2.25. The molecule has 2 N–H and O–H groups in total. The average Bonchev–Trinajstić information content (AvgIpc) is 2.57. The molecule has 0 amide bonds. The third-order valence-corrected chi connectivity index (χ3v) is 2.59. The van der Waals surface area contributed by atoms with Crippen molar-refractivity contribution in [2.24, 2.45) is 0 Å². The van der Waals surface area contributed by atoms with E-state index in [-0.39, 0.29) is 0 Å². The second kappa shape index (κ2) is 4.71. The van der Waals surface area contributed by atoms with Crippen LogP contribution in [-0.4, -0.2) is 47.0 Å². The van der Waals surface area contributed by atoms with Crippen molar-refractivity contribution in [3.8, 4) is 0 Å². The zero-order valence-electron chi connectivity index (χ0n) is 10.8. The van der Waals surface area contributed by atoms with Crippen LogP contribution in [0.25, 0.3) is 11.0 Å². The average molecular weight is 233 g/mol. The highest BCUT2D eigenvalue weighted by Crippen LogP contribution is 2.20. The van der Waals surface area contributed by atoms with Crippen LogP contribution < -0.4 is 5.32 Å². The van der Waals surface area contributed by atoms with Gasteiger partial charge >= 0.3 is 0 Å². The van der Waals surface area contributed by atoms with Crippen LogP contribution in [0.4, 0.5) is 5.82 Å². The molecule has 92 valence electrons. The largest absolute Gasteiger partial charge is 0.368 e. The lowest BCUT2D eigenvalue weighted by Crippen LogP contribution is -2.21. The molecule has 0 saturated carbocycles. The van der Waals surface area contributed by atoms with Crippen molar-refractivity contribution in [3.63, 3.8) is 0 Å². The van der Waals surface area contributed by atoms with E-state index in [1.54, 1.807) is 0 Å². The monoisotopic (exact) mass is 233 g/mol. The zero-order valence-corrected chi connectivity index (χ0v) is 10.8. The summed E-state index contributed by atoms with van der Waals surface area (Å²) in [5.41, 5.74) is 2.01. The number of fused-ring (bicyclic) bond motifs is 1. The summed E-state index contributed by atoms with van der Waals surface area (Å²) in [5, 5.41) is 4.42. The maximum atomic E-state index is 4.45. The molecule has 2 aromatic rings. The maximum absolute atomic E-state index is 4.45. The second-order valence-corrected chi connectivity index (χ2v) is 4.56. The second-order valence-electron chi connectivity index (χ2n) is 4.56. The van der Waals surface area contributed by atoms with E-state index in [0.717, 1.165) is 41.5 Å². The molecule has 2 heterocycles. The van der Waals surface area contributed by atoms with E-state index in [1.807, 2.05) is 13.8 Å². The van der Waals surface area contributed by atoms with Gasteiger partial charge in [-0.25, -0.2) is 9.97 Å². The Morgan fingerprint density at radius 1 is 1.29 bits per heavy atom. The van der Waals surface area contributed by atoms with Gasteiger partial charge in [-0.2, -0.15) is 0 Å². The van der Waals surface area contributed by atoms with Gasteiger partial charge in [0, 0.05) is 18.8 Å². The van der Waals surface area contributed by atoms with Gasteiger partial charge in [-0.1, -0.05) is 0 Å². The number of aromatic nitrogens is 3. The van der Waals surface area contributed by atoms with Crippen LogP contribution in [-0.2, 0) is 0 Å². The molecule has 2 aromatic heterocycles. The number of rotatable bonds is 4. The minimum Gasteiger partial charge on any atom is -0.368 e. The highest BCUT2D eigenvalue weighted by Gasteiger charge is 2.07. The third-order valence-electron chi connectivity index (χ3n) is 2.59. The number of aromatic amines is 1. The van der Waals surface area contributed by atoms with Gasteiger partial charge in [0.05, 0.1) is 5.39 Å². The van der Waals surface area contributed by atoms with E-state index in [4.69, 9.17) is 0 Å². The summed E-state index contributed by atoms with van der Waals surface area (Å²) >= 11 is 0. The van der Waals surface area contributed by atoms with Crippen molar-refractivity contribution in [2.75, 3.05) is 32.5 Å². The lowest BCUT2D eigenvalue weighted by molar-refractivity contribution is 0.425. The van der Waals surface area contributed by atoms with Gasteiger partial charge in [-0.05, 0) is 34.0 Å². The normalized spacial score (nSPS) is 11.4. The summed E-state index contributed by atoms with van der Waals surface area (Å²) in [6, 6.07) is 2.08. The van der Waals surface area contributed by atoms with Gasteiger partial charge in [0.2, 0.25) is 0 Å². The fraction of sp³-hybridized carbons (Fsp3) is 0.500. The lowest BCUT2D eigenvalue weighted by atomic mass is 10.3. The number of likely N-dealkylation sites (N-methyl/N-ethyl adjacent to an activating group) is 1. The lowest BCUT2D eigenvalue weighted by Gasteiger charge is -2.11. The minimum atomic E-state index is 0.784. The number of nitrogens with one attached hydrogen (secondary N) is 2. The van der Waals surface area contributed by atoms with Crippen LogP contribution in [0.1, 0.15) is 11.5 Å². The van der Waals surface area contributed by atoms with E-state index in [2.05, 4.69) is 45.3 Å². The van der Waals surface area contributed by atoms with Crippen molar-refractivity contribution in [1.29, 1.82) is 0 Å². The quantitative estimate of drug-likeness (QED) is 0.841. The van der Waals surface area contributed by atoms with Crippen molar-refractivity contribution < 1.29 is 0 Å². The van der Waals surface area contributed by atoms with Crippen LogP contribution in [0.3, 0.4) is 0 Å². The summed E-state index contributed by atoms with van der Waals surface area (Å²) in [7, 11) is 4.12. The van der Waals surface area contributed by atoms with Crippen LogP contribution in [0.2, 0.25) is 0 Å². The predicted molar refractivity (Wildman–Crippen MR) is 70.4 cm³/mol. The van der Waals surface area contributed by atoms with Crippen molar-refractivity contribution in [1.82, 2.24) is 19.9 Å². The van der Waals surface area contributed by atoms with Gasteiger partial charge in [0.15, 0.2) is 0 Å². The smallest absolute Gasteiger partial charge is 0.143 e. The highest BCUT2D eigenvalue weighted by atomic mass is 15.1. The number of nitrogens with zero attached hydrogens (tertiary/aromatic N) is 3. The molecule has 5 nitrogen and oxygen atoms in total. The van der Waals surface area contributed by atoms with E-state index in [0.29, 0.717) is 0 Å². The Morgan fingerprint density at radius 3 is 2.76 bits per heavy atom. The Labute approximate surface area is 101 Å². The van der Waals surface area contributed by atoms with E-state index < -0.39 is 0 Å². The molecule has 0 aliphatic rings. The molecule has 0 unspecified atom stereocenters. The molecular weight excluding hydrogens is 214 g/mol. The number of H-pyrrole nitrogens is 1. The first-order valence-corrected chi connectivity index (χ1v) is 5.79. The van der Waals surface area contributed by atoms with Gasteiger partial charge < -0.3 is 15.2 Å². The van der Waals surface area contributed by atoms with Gasteiger partial charge in [0.1, 0.15) is 17.3 Å². The molecule has 0 radical (unpaired) electrons. The number of anilines is 1. The van der Waals surface area contributed by atoms with Crippen molar-refractivity contribution in [3.05, 3.63) is 17.6 Å². The van der Waals surface area contributed by atoms with E-state index in [9.17, 15) is 0 Å². The standard InChI is InChI=1S/C12H19N5/c1-8-7-10-11(13-5-6-17(3)4)15-9(2)16-12(10)14-8/h7H,5-6H2,1-4H3,(H2,13,14,15,16). The SMILES string of the molecule is Cc1nc(NCCN(C)C)c2cc(C)[nH]c2n1. The first-order valence-electron chi connectivity index (χ1n) is 5.79. The highest BCUT2D eigenvalue weighted by molar-refractivity contribution is 5.87. The number of hydrogen-bond donors (Lipinski definition) is 2. The molecule has 0 aliphatic heterocycles. The number of hydrogen-bond acceptors (Lipinski definition) is 4. The molecule has 5 heteroatoms. The van der Waals surface area contributed by atoms with Crippen LogP contribution >= 0.6 is 0 Å². The maximum Gasteiger partial charge on any atom is 0.143 e.